The molecule has 1 saturated heterocycles. The zero-order valence-electron chi connectivity index (χ0n) is 19.4. The molecule has 4 rings (SSSR count). The third-order valence-electron chi connectivity index (χ3n) is 6.94. The van der Waals surface area contributed by atoms with Crippen LogP contribution >= 0.6 is 0 Å². The summed E-state index contributed by atoms with van der Waals surface area (Å²) in [5, 5.41) is 5.23. The fourth-order valence-electron chi connectivity index (χ4n) is 4.82. The van der Waals surface area contributed by atoms with Crippen LogP contribution in [0.3, 0.4) is 0 Å². The van der Waals surface area contributed by atoms with E-state index in [2.05, 4.69) is 0 Å². The van der Waals surface area contributed by atoms with Crippen molar-refractivity contribution in [2.45, 2.75) is 49.7 Å². The van der Waals surface area contributed by atoms with Crippen LogP contribution in [-0.2, 0) is 19.6 Å². The summed E-state index contributed by atoms with van der Waals surface area (Å²) in [7, 11) is -2.22. The molecule has 2 aromatic carbocycles. The van der Waals surface area contributed by atoms with Gasteiger partial charge in [0.15, 0.2) is 0 Å². The minimum atomic E-state index is -3.86. The van der Waals surface area contributed by atoms with E-state index in [0.29, 0.717) is 29.7 Å². The molecule has 0 aliphatic carbocycles. The van der Waals surface area contributed by atoms with E-state index in [1.807, 2.05) is 6.92 Å². The molecule has 9 nitrogen and oxygen atoms in total. The van der Waals surface area contributed by atoms with E-state index in [1.54, 1.807) is 60.2 Å². The smallest absolute Gasteiger partial charge is 0.257 e. The van der Waals surface area contributed by atoms with Crippen molar-refractivity contribution in [2.75, 3.05) is 18.5 Å². The molecular formula is C24H28N4O5S. The van der Waals surface area contributed by atoms with Crippen molar-refractivity contribution in [2.24, 2.45) is 5.14 Å². The van der Waals surface area contributed by atoms with Crippen LogP contribution in [0.15, 0.2) is 53.4 Å². The molecule has 2 atom stereocenters. The highest BCUT2D eigenvalue weighted by atomic mass is 32.2. The lowest BCUT2D eigenvalue weighted by molar-refractivity contribution is -0.132. The van der Waals surface area contributed by atoms with E-state index in [-0.39, 0.29) is 35.6 Å². The second-order valence-electron chi connectivity index (χ2n) is 8.97. The lowest BCUT2D eigenvalue weighted by Crippen LogP contribution is -2.62. The Balaban J connectivity index is 1.52. The third-order valence-corrected chi connectivity index (χ3v) is 7.85. The van der Waals surface area contributed by atoms with Crippen molar-refractivity contribution in [3.63, 3.8) is 0 Å². The summed E-state index contributed by atoms with van der Waals surface area (Å²) < 4.78 is 23.4. The molecule has 2 aliphatic heterocycles. The number of fused-ring (bicyclic) bond motifs is 3. The van der Waals surface area contributed by atoms with Gasteiger partial charge in [-0.15, -0.1) is 0 Å². The van der Waals surface area contributed by atoms with Gasteiger partial charge in [0, 0.05) is 26.4 Å². The van der Waals surface area contributed by atoms with Crippen LogP contribution in [0.2, 0.25) is 0 Å². The number of sulfonamides is 1. The highest BCUT2D eigenvalue weighted by molar-refractivity contribution is 7.89. The van der Waals surface area contributed by atoms with Crippen LogP contribution in [0.5, 0.6) is 0 Å². The number of rotatable bonds is 6. The van der Waals surface area contributed by atoms with Gasteiger partial charge in [0.25, 0.3) is 5.91 Å². The number of hydrogen-bond donors (Lipinski definition) is 1. The largest absolute Gasteiger partial charge is 0.339 e. The van der Waals surface area contributed by atoms with Gasteiger partial charge in [-0.25, -0.2) is 13.6 Å². The van der Waals surface area contributed by atoms with Gasteiger partial charge in [-0.3, -0.25) is 19.3 Å². The van der Waals surface area contributed by atoms with Crippen molar-refractivity contribution >= 4 is 33.4 Å². The number of para-hydroxylation sites is 1. The van der Waals surface area contributed by atoms with Crippen LogP contribution in [-0.4, -0.2) is 55.2 Å². The number of benzene rings is 2. The second-order valence-corrected chi connectivity index (χ2v) is 10.5. The normalized spacial score (nSPS) is 20.7. The Morgan fingerprint density at radius 2 is 1.88 bits per heavy atom. The van der Waals surface area contributed by atoms with E-state index in [4.69, 9.17) is 5.14 Å². The van der Waals surface area contributed by atoms with E-state index in [9.17, 15) is 22.8 Å². The first-order valence-electron chi connectivity index (χ1n) is 11.1. The lowest BCUT2D eigenvalue weighted by atomic mass is 9.98. The first-order valence-corrected chi connectivity index (χ1v) is 12.6. The van der Waals surface area contributed by atoms with E-state index in [1.165, 1.54) is 17.0 Å². The average molecular weight is 485 g/mol. The molecule has 180 valence electrons. The Bertz CT molecular complexity index is 1280. The molecule has 0 spiro atoms. The molecule has 2 aliphatic rings. The summed E-state index contributed by atoms with van der Waals surface area (Å²) in [6.45, 7) is 3.81. The van der Waals surface area contributed by atoms with E-state index >= 15 is 0 Å². The number of carbonyl (C=O) groups is 3. The van der Waals surface area contributed by atoms with Gasteiger partial charge in [0.1, 0.15) is 5.66 Å². The van der Waals surface area contributed by atoms with Crippen LogP contribution in [0.4, 0.5) is 5.69 Å². The maximum absolute atomic E-state index is 13.3. The molecule has 0 aromatic heterocycles. The number of primary sulfonamides is 1. The summed E-state index contributed by atoms with van der Waals surface area (Å²) in [6.07, 6.45) is 0.883. The monoisotopic (exact) mass is 484 g/mol. The predicted octanol–water partition coefficient (Wildman–Crippen LogP) is 2.24. The highest BCUT2D eigenvalue weighted by Gasteiger charge is 2.52. The van der Waals surface area contributed by atoms with Gasteiger partial charge in [-0.1, -0.05) is 24.3 Å². The summed E-state index contributed by atoms with van der Waals surface area (Å²) in [5.74, 6) is -0.452. The molecule has 0 saturated carbocycles. The van der Waals surface area contributed by atoms with Crippen molar-refractivity contribution < 1.29 is 22.8 Å². The molecule has 1 fully saturated rings. The highest BCUT2D eigenvalue weighted by Crippen LogP contribution is 2.44. The minimum Gasteiger partial charge on any atom is -0.339 e. The Morgan fingerprint density at radius 1 is 1.18 bits per heavy atom. The zero-order chi connectivity index (χ0) is 24.8. The molecule has 3 amide bonds. The lowest BCUT2D eigenvalue weighted by Gasteiger charge is -2.48. The number of amides is 3. The topological polar surface area (TPSA) is 121 Å². The minimum absolute atomic E-state index is 0.0193. The van der Waals surface area contributed by atoms with Crippen molar-refractivity contribution in [1.29, 1.82) is 0 Å². The van der Waals surface area contributed by atoms with Gasteiger partial charge in [-0.2, -0.15) is 0 Å². The molecule has 2 aromatic rings. The summed E-state index contributed by atoms with van der Waals surface area (Å²) in [5.41, 5.74) is 0.867. The zero-order valence-corrected chi connectivity index (χ0v) is 20.2. The van der Waals surface area contributed by atoms with Crippen LogP contribution in [0.1, 0.15) is 55.1 Å². The van der Waals surface area contributed by atoms with Crippen molar-refractivity contribution in [1.82, 2.24) is 9.80 Å². The maximum Gasteiger partial charge on any atom is 0.257 e. The number of nitrogens with two attached hydrogens (primary N) is 1. The third kappa shape index (κ3) is 3.97. The van der Waals surface area contributed by atoms with Crippen molar-refractivity contribution in [3.05, 3.63) is 59.7 Å². The van der Waals surface area contributed by atoms with Gasteiger partial charge in [-0.05, 0) is 50.1 Å². The number of hydrogen-bond acceptors (Lipinski definition) is 5. The van der Waals surface area contributed by atoms with Crippen LogP contribution in [0.25, 0.3) is 0 Å². The standard InChI is InChI=1S/C24H28N4O5S/c1-16(17-7-6-8-18(15-17)34(25,32)33)26(3)21(29)12-14-27-23(31)19-9-4-5-10-20(19)28-22(30)11-13-24(27,28)2/h4-10,15-16H,11-14H2,1-3H3,(H2,25,32,33). The Morgan fingerprint density at radius 3 is 2.59 bits per heavy atom. The summed E-state index contributed by atoms with van der Waals surface area (Å²) in [4.78, 5) is 43.9. The van der Waals surface area contributed by atoms with E-state index in [0.717, 1.165) is 0 Å². The van der Waals surface area contributed by atoms with Gasteiger partial charge >= 0.3 is 0 Å². The SMILES string of the molecule is CC(c1cccc(S(N)(=O)=O)c1)N(C)C(=O)CCN1C(=O)c2ccccc2N2C(=O)CCC12C. The van der Waals surface area contributed by atoms with Crippen molar-refractivity contribution in [3.8, 4) is 0 Å². The van der Waals surface area contributed by atoms with Crippen LogP contribution in [0, 0.1) is 0 Å². The fourth-order valence-corrected chi connectivity index (χ4v) is 5.38. The second kappa shape index (κ2) is 8.52. The first-order chi connectivity index (χ1) is 15.9. The van der Waals surface area contributed by atoms with E-state index < -0.39 is 21.7 Å². The number of anilines is 1. The summed E-state index contributed by atoms with van der Waals surface area (Å²) in [6, 6.07) is 12.8. The Labute approximate surface area is 199 Å². The fraction of sp³-hybridized carbons (Fsp3) is 0.375. The van der Waals surface area contributed by atoms with Gasteiger partial charge < -0.3 is 9.80 Å². The van der Waals surface area contributed by atoms with Gasteiger partial charge in [0.05, 0.1) is 22.2 Å². The molecule has 2 heterocycles. The van der Waals surface area contributed by atoms with Gasteiger partial charge in [0.2, 0.25) is 21.8 Å². The maximum atomic E-state index is 13.3. The molecule has 0 bridgehead atoms. The Kier molecular flexibility index (Phi) is 5.99. The molecule has 2 unspecified atom stereocenters. The first kappa shape index (κ1) is 23.9. The van der Waals surface area contributed by atoms with Crippen LogP contribution < -0.4 is 10.0 Å². The summed E-state index contributed by atoms with van der Waals surface area (Å²) >= 11 is 0. The molecular weight excluding hydrogens is 456 g/mol. The molecule has 0 radical (unpaired) electrons. The quantitative estimate of drug-likeness (QED) is 0.674. The number of nitrogens with zero attached hydrogens (tertiary/aromatic N) is 3. The number of carbonyl (C=O) groups excluding carboxylic acids is 3. The molecule has 10 heteroatoms. The average Bonchev–Trinajstić information content (AvgIpc) is 3.12. The predicted molar refractivity (Wildman–Crippen MR) is 126 cm³/mol. The molecule has 34 heavy (non-hydrogen) atoms. The Hall–Kier alpha value is -3.24. The molecule has 2 N–H and O–H groups in total.